The molecule has 3 aliphatic heterocycles. The SMILES string of the molecule is Cc1cc2c3c(c1)[C@](C)(c1ccccc1)CC(C)(C)N3C(=O)/C2=C1\SC(=O)NC1=O. The van der Waals surface area contributed by atoms with Crippen LogP contribution in [0.4, 0.5) is 10.5 Å². The van der Waals surface area contributed by atoms with Crippen LogP contribution < -0.4 is 10.2 Å². The maximum Gasteiger partial charge on any atom is 0.290 e. The highest BCUT2D eigenvalue weighted by Crippen LogP contribution is 2.57. The molecule has 3 heterocycles. The number of anilines is 1. The quantitative estimate of drug-likeness (QED) is 0.692. The van der Waals surface area contributed by atoms with Gasteiger partial charge >= 0.3 is 0 Å². The second-order valence-electron chi connectivity index (χ2n) is 9.08. The first-order valence-electron chi connectivity index (χ1n) is 9.96. The number of carbonyl (C=O) groups is 3. The summed E-state index contributed by atoms with van der Waals surface area (Å²) < 4.78 is 0. The molecule has 0 spiro atoms. The lowest BCUT2D eigenvalue weighted by molar-refractivity contribution is -0.116. The molecule has 0 aliphatic carbocycles. The summed E-state index contributed by atoms with van der Waals surface area (Å²) in [6.45, 7) is 8.37. The predicted octanol–water partition coefficient (Wildman–Crippen LogP) is 4.52. The highest BCUT2D eigenvalue weighted by atomic mass is 32.2. The molecule has 30 heavy (non-hydrogen) atoms. The van der Waals surface area contributed by atoms with Crippen molar-refractivity contribution in [3.05, 3.63) is 69.6 Å². The Kier molecular flexibility index (Phi) is 3.87. The van der Waals surface area contributed by atoms with Crippen molar-refractivity contribution in [3.8, 4) is 0 Å². The molecule has 5 rings (SSSR count). The van der Waals surface area contributed by atoms with Crippen molar-refractivity contribution in [2.45, 2.75) is 45.1 Å². The van der Waals surface area contributed by atoms with E-state index in [1.54, 1.807) is 0 Å². The monoisotopic (exact) mass is 418 g/mol. The van der Waals surface area contributed by atoms with Gasteiger partial charge in [0.2, 0.25) is 0 Å². The van der Waals surface area contributed by atoms with Crippen LogP contribution in [0.3, 0.4) is 0 Å². The number of nitrogens with zero attached hydrogens (tertiary/aromatic N) is 1. The number of carbonyl (C=O) groups excluding carboxylic acids is 3. The van der Waals surface area contributed by atoms with E-state index in [1.807, 2.05) is 36.1 Å². The van der Waals surface area contributed by atoms with Crippen molar-refractivity contribution < 1.29 is 14.4 Å². The summed E-state index contributed by atoms with van der Waals surface area (Å²) in [5.41, 5.74) is 4.50. The average molecular weight is 419 g/mol. The first-order chi connectivity index (χ1) is 14.1. The highest BCUT2D eigenvalue weighted by molar-refractivity contribution is 8.18. The van der Waals surface area contributed by atoms with Gasteiger partial charge in [-0.1, -0.05) is 48.9 Å². The lowest BCUT2D eigenvalue weighted by atomic mass is 9.65. The highest BCUT2D eigenvalue weighted by Gasteiger charge is 2.54. The van der Waals surface area contributed by atoms with Gasteiger partial charge in [-0.3, -0.25) is 19.7 Å². The minimum atomic E-state index is -0.493. The number of rotatable bonds is 1. The fourth-order valence-electron chi connectivity index (χ4n) is 5.34. The van der Waals surface area contributed by atoms with Crippen LogP contribution in [-0.4, -0.2) is 22.6 Å². The molecule has 5 nitrogen and oxygen atoms in total. The molecular formula is C24H22N2O3S. The molecule has 2 aromatic rings. The van der Waals surface area contributed by atoms with Crippen LogP contribution in [0.2, 0.25) is 0 Å². The zero-order valence-corrected chi connectivity index (χ0v) is 18.1. The van der Waals surface area contributed by atoms with Crippen LogP contribution in [0.25, 0.3) is 5.57 Å². The zero-order chi connectivity index (χ0) is 21.4. The van der Waals surface area contributed by atoms with Crippen molar-refractivity contribution >= 4 is 40.1 Å². The topological polar surface area (TPSA) is 66.5 Å². The number of hydrogen-bond donors (Lipinski definition) is 1. The van der Waals surface area contributed by atoms with E-state index in [-0.39, 0.29) is 16.2 Å². The van der Waals surface area contributed by atoms with Gasteiger partial charge < -0.3 is 4.90 Å². The van der Waals surface area contributed by atoms with Crippen LogP contribution in [-0.2, 0) is 15.0 Å². The van der Waals surface area contributed by atoms with Crippen LogP contribution in [0.1, 0.15) is 49.4 Å². The summed E-state index contributed by atoms with van der Waals surface area (Å²) >= 11 is 0.812. The molecule has 152 valence electrons. The third kappa shape index (κ3) is 2.46. The number of hydrogen-bond acceptors (Lipinski definition) is 4. The van der Waals surface area contributed by atoms with Gasteiger partial charge in [-0.2, -0.15) is 0 Å². The minimum absolute atomic E-state index is 0.199. The molecule has 0 radical (unpaired) electrons. The van der Waals surface area contributed by atoms with E-state index in [1.165, 1.54) is 5.56 Å². The minimum Gasteiger partial charge on any atom is -0.302 e. The Labute approximate surface area is 179 Å². The van der Waals surface area contributed by atoms with E-state index in [4.69, 9.17) is 0 Å². The summed E-state index contributed by atoms with van der Waals surface area (Å²) in [5.74, 6) is -0.698. The molecule has 1 saturated heterocycles. The van der Waals surface area contributed by atoms with Gasteiger partial charge in [-0.25, -0.2) is 0 Å². The lowest BCUT2D eigenvalue weighted by Gasteiger charge is -2.50. The fourth-order valence-corrected chi connectivity index (χ4v) is 6.11. The molecule has 1 atom stereocenters. The Morgan fingerprint density at radius 2 is 1.73 bits per heavy atom. The van der Waals surface area contributed by atoms with Gasteiger partial charge in [0.15, 0.2) is 0 Å². The van der Waals surface area contributed by atoms with E-state index in [0.717, 1.165) is 40.6 Å². The average Bonchev–Trinajstić information content (AvgIpc) is 3.15. The van der Waals surface area contributed by atoms with Crippen molar-refractivity contribution in [2.75, 3.05) is 4.90 Å². The Hall–Kier alpha value is -2.86. The molecule has 0 bridgehead atoms. The van der Waals surface area contributed by atoms with E-state index in [0.29, 0.717) is 5.57 Å². The van der Waals surface area contributed by atoms with Gasteiger partial charge in [0.25, 0.3) is 17.1 Å². The first-order valence-corrected chi connectivity index (χ1v) is 10.8. The summed E-state index contributed by atoms with van der Waals surface area (Å²) in [5, 5.41) is 1.85. The molecule has 1 N–H and O–H groups in total. The van der Waals surface area contributed by atoms with Gasteiger partial charge in [0.1, 0.15) is 0 Å². The molecule has 2 aromatic carbocycles. The molecule has 3 amide bonds. The first kappa shape index (κ1) is 19.1. The van der Waals surface area contributed by atoms with E-state index in [9.17, 15) is 14.4 Å². The van der Waals surface area contributed by atoms with Crippen LogP contribution in [0.5, 0.6) is 0 Å². The van der Waals surface area contributed by atoms with Gasteiger partial charge in [-0.05, 0) is 56.1 Å². The Balaban J connectivity index is 1.86. The second kappa shape index (κ2) is 6.08. The number of imide groups is 1. The molecule has 3 aliphatic rings. The third-order valence-electron chi connectivity index (χ3n) is 6.40. The van der Waals surface area contributed by atoms with Crippen LogP contribution >= 0.6 is 11.8 Å². The van der Waals surface area contributed by atoms with Gasteiger partial charge in [-0.15, -0.1) is 0 Å². The third-order valence-corrected chi connectivity index (χ3v) is 7.29. The standard InChI is InChI=1S/C24H22N2O3S/c1-13-10-15-17(19-20(27)25-22(29)30-19)21(28)26-18(15)16(11-13)24(4,12-23(26,2)3)14-8-6-5-7-9-14/h5-11H,12H2,1-4H3,(H,25,27,29)/b19-17-/t24-/m0/s1. The maximum absolute atomic E-state index is 13.7. The predicted molar refractivity (Wildman–Crippen MR) is 118 cm³/mol. The largest absolute Gasteiger partial charge is 0.302 e. The normalized spacial score (nSPS) is 26.8. The molecule has 1 fully saturated rings. The Morgan fingerprint density at radius 3 is 2.37 bits per heavy atom. The summed E-state index contributed by atoms with van der Waals surface area (Å²) in [6, 6.07) is 14.5. The van der Waals surface area contributed by atoms with E-state index < -0.39 is 16.7 Å². The van der Waals surface area contributed by atoms with Crippen molar-refractivity contribution in [1.82, 2.24) is 5.32 Å². The summed E-state index contributed by atoms with van der Waals surface area (Å²) in [6.07, 6.45) is 0.743. The zero-order valence-electron chi connectivity index (χ0n) is 17.3. The Bertz CT molecular complexity index is 1180. The molecular weight excluding hydrogens is 396 g/mol. The van der Waals surface area contributed by atoms with Gasteiger partial charge in [0.05, 0.1) is 16.2 Å². The second-order valence-corrected chi connectivity index (χ2v) is 10.1. The van der Waals surface area contributed by atoms with Crippen molar-refractivity contribution in [1.29, 1.82) is 0 Å². The van der Waals surface area contributed by atoms with Crippen LogP contribution in [0.15, 0.2) is 47.4 Å². The van der Waals surface area contributed by atoms with Gasteiger partial charge in [0, 0.05) is 16.5 Å². The Morgan fingerprint density at radius 1 is 1.03 bits per heavy atom. The van der Waals surface area contributed by atoms with Crippen LogP contribution in [0, 0.1) is 6.92 Å². The lowest BCUT2D eigenvalue weighted by Crippen LogP contribution is -2.54. The molecule has 0 unspecified atom stereocenters. The molecule has 0 aromatic heterocycles. The number of aryl methyl sites for hydroxylation is 1. The summed E-state index contributed by atoms with van der Waals surface area (Å²) in [4.78, 5) is 39.9. The van der Waals surface area contributed by atoms with Crippen molar-refractivity contribution in [3.63, 3.8) is 0 Å². The number of benzene rings is 2. The molecule has 0 saturated carbocycles. The number of nitrogens with one attached hydrogen (secondary N) is 1. The van der Waals surface area contributed by atoms with E-state index in [2.05, 4.69) is 44.3 Å². The number of thioether (sulfide) groups is 1. The number of amides is 3. The fraction of sp³-hybridized carbons (Fsp3) is 0.292. The molecule has 6 heteroatoms. The van der Waals surface area contributed by atoms with Crippen molar-refractivity contribution in [2.24, 2.45) is 0 Å². The maximum atomic E-state index is 13.7. The smallest absolute Gasteiger partial charge is 0.290 e. The summed E-state index contributed by atoms with van der Waals surface area (Å²) in [7, 11) is 0. The van der Waals surface area contributed by atoms with E-state index >= 15 is 0 Å².